The molecule has 2 rings (SSSR count). The highest BCUT2D eigenvalue weighted by molar-refractivity contribution is 7.99. The summed E-state index contributed by atoms with van der Waals surface area (Å²) in [6.07, 6.45) is 0. The number of rotatable bonds is 4. The van der Waals surface area contributed by atoms with Gasteiger partial charge in [-0.2, -0.15) is 0 Å². The maximum Gasteiger partial charge on any atom is 0.313 e. The van der Waals surface area contributed by atoms with Crippen LogP contribution in [0.15, 0.2) is 29.4 Å². The number of hydrogen-bond donors (Lipinski definition) is 2. The van der Waals surface area contributed by atoms with E-state index in [9.17, 15) is 9.90 Å². The second kappa shape index (κ2) is 5.09. The van der Waals surface area contributed by atoms with Crippen LogP contribution in [-0.4, -0.2) is 36.7 Å². The van der Waals surface area contributed by atoms with Gasteiger partial charge in [-0.05, 0) is 12.1 Å². The zero-order valence-electron chi connectivity index (χ0n) is 9.57. The number of thioether (sulfide) groups is 1. The van der Waals surface area contributed by atoms with E-state index in [1.807, 2.05) is 0 Å². The van der Waals surface area contributed by atoms with Gasteiger partial charge in [0.15, 0.2) is 11.0 Å². The number of aromatic nitrogens is 3. The summed E-state index contributed by atoms with van der Waals surface area (Å²) < 4.78 is 1.70. The molecule has 0 radical (unpaired) electrons. The molecule has 0 unspecified atom stereocenters. The Morgan fingerprint density at radius 1 is 1.44 bits per heavy atom. The molecule has 0 aliphatic rings. The van der Waals surface area contributed by atoms with Gasteiger partial charge in [-0.3, -0.25) is 4.79 Å². The molecular formula is C11H11N3O3S. The first-order valence-electron chi connectivity index (χ1n) is 5.11. The fourth-order valence-corrected chi connectivity index (χ4v) is 2.09. The van der Waals surface area contributed by atoms with Gasteiger partial charge in [0, 0.05) is 12.6 Å². The minimum absolute atomic E-state index is 0.0635. The van der Waals surface area contributed by atoms with Crippen molar-refractivity contribution in [2.45, 2.75) is 5.16 Å². The summed E-state index contributed by atoms with van der Waals surface area (Å²) in [7, 11) is 1.75. The Labute approximate surface area is 107 Å². The Balaban J connectivity index is 2.28. The van der Waals surface area contributed by atoms with Gasteiger partial charge in [-0.25, -0.2) is 0 Å². The highest BCUT2D eigenvalue weighted by Crippen LogP contribution is 2.24. The van der Waals surface area contributed by atoms with Crippen molar-refractivity contribution in [3.05, 3.63) is 24.3 Å². The number of benzene rings is 1. The average Bonchev–Trinajstić information content (AvgIpc) is 2.68. The molecule has 0 amide bonds. The summed E-state index contributed by atoms with van der Waals surface area (Å²) in [4.78, 5) is 10.5. The number of nitrogens with zero attached hydrogens (tertiary/aromatic N) is 3. The van der Waals surface area contributed by atoms with Gasteiger partial charge < -0.3 is 14.8 Å². The fourth-order valence-electron chi connectivity index (χ4n) is 1.46. The Hall–Kier alpha value is -2.02. The molecular weight excluding hydrogens is 254 g/mol. The molecule has 0 aliphatic heterocycles. The SMILES string of the molecule is Cn1c(SCC(=O)O)nnc1-c1cccc(O)c1. The van der Waals surface area contributed by atoms with E-state index < -0.39 is 5.97 Å². The Morgan fingerprint density at radius 3 is 2.89 bits per heavy atom. The third kappa shape index (κ3) is 2.62. The smallest absolute Gasteiger partial charge is 0.313 e. The zero-order chi connectivity index (χ0) is 13.1. The van der Waals surface area contributed by atoms with Crippen LogP contribution < -0.4 is 0 Å². The van der Waals surface area contributed by atoms with E-state index >= 15 is 0 Å². The second-order valence-electron chi connectivity index (χ2n) is 3.60. The van der Waals surface area contributed by atoms with Crippen LogP contribution in [0, 0.1) is 0 Å². The van der Waals surface area contributed by atoms with Crippen molar-refractivity contribution in [1.29, 1.82) is 0 Å². The standard InChI is InChI=1S/C11H11N3O3S/c1-14-10(7-3-2-4-8(15)5-7)12-13-11(14)18-6-9(16)17/h2-5,15H,6H2,1H3,(H,16,17). The number of hydrogen-bond acceptors (Lipinski definition) is 5. The summed E-state index contributed by atoms with van der Waals surface area (Å²) in [6.45, 7) is 0. The molecule has 0 saturated carbocycles. The maximum absolute atomic E-state index is 10.5. The highest BCUT2D eigenvalue weighted by Gasteiger charge is 2.12. The van der Waals surface area contributed by atoms with E-state index in [1.54, 1.807) is 35.9 Å². The number of aromatic hydroxyl groups is 1. The van der Waals surface area contributed by atoms with E-state index in [2.05, 4.69) is 10.2 Å². The average molecular weight is 265 g/mol. The van der Waals surface area contributed by atoms with Crippen LogP contribution in [-0.2, 0) is 11.8 Å². The first-order chi connectivity index (χ1) is 8.58. The lowest BCUT2D eigenvalue weighted by molar-refractivity contribution is -0.133. The van der Waals surface area contributed by atoms with Crippen molar-refractivity contribution in [3.8, 4) is 17.1 Å². The Kier molecular flexibility index (Phi) is 3.52. The maximum atomic E-state index is 10.5. The van der Waals surface area contributed by atoms with E-state index in [-0.39, 0.29) is 11.5 Å². The van der Waals surface area contributed by atoms with Crippen LogP contribution in [0.4, 0.5) is 0 Å². The van der Waals surface area contributed by atoms with Crippen LogP contribution in [0.5, 0.6) is 5.75 Å². The Morgan fingerprint density at radius 2 is 2.22 bits per heavy atom. The summed E-state index contributed by atoms with van der Waals surface area (Å²) in [5.74, 6) is -0.234. The van der Waals surface area contributed by atoms with Crippen molar-refractivity contribution in [2.75, 3.05) is 5.75 Å². The topological polar surface area (TPSA) is 88.2 Å². The zero-order valence-corrected chi connectivity index (χ0v) is 10.4. The van der Waals surface area contributed by atoms with E-state index in [0.29, 0.717) is 11.0 Å². The monoisotopic (exact) mass is 265 g/mol. The predicted octanol–water partition coefficient (Wildman–Crippen LogP) is 1.36. The molecule has 0 atom stereocenters. The van der Waals surface area contributed by atoms with Gasteiger partial charge in [0.1, 0.15) is 5.75 Å². The first kappa shape index (κ1) is 12.4. The molecule has 94 valence electrons. The molecule has 1 aromatic carbocycles. The molecule has 18 heavy (non-hydrogen) atoms. The Bertz CT molecular complexity index is 583. The van der Waals surface area contributed by atoms with Crippen LogP contribution in [0.1, 0.15) is 0 Å². The van der Waals surface area contributed by atoms with Gasteiger partial charge in [0.05, 0.1) is 5.75 Å². The molecule has 0 bridgehead atoms. The largest absolute Gasteiger partial charge is 0.508 e. The van der Waals surface area contributed by atoms with E-state index in [4.69, 9.17) is 5.11 Å². The number of carboxylic acid groups (broad SMARTS) is 1. The molecule has 1 aromatic heterocycles. The minimum Gasteiger partial charge on any atom is -0.508 e. The van der Waals surface area contributed by atoms with Gasteiger partial charge >= 0.3 is 5.97 Å². The lowest BCUT2D eigenvalue weighted by Crippen LogP contribution is -2.00. The molecule has 0 fully saturated rings. The van der Waals surface area contributed by atoms with Gasteiger partial charge in [-0.1, -0.05) is 23.9 Å². The first-order valence-corrected chi connectivity index (χ1v) is 6.10. The number of phenols is 1. The van der Waals surface area contributed by atoms with Crippen molar-refractivity contribution in [2.24, 2.45) is 7.05 Å². The summed E-state index contributed by atoms with van der Waals surface area (Å²) in [6, 6.07) is 6.66. The molecule has 2 aromatic rings. The number of phenolic OH excluding ortho intramolecular Hbond substituents is 1. The molecule has 6 nitrogen and oxygen atoms in total. The van der Waals surface area contributed by atoms with Crippen LogP contribution in [0.2, 0.25) is 0 Å². The normalized spacial score (nSPS) is 10.5. The minimum atomic E-state index is -0.901. The molecule has 2 N–H and O–H groups in total. The number of aliphatic carboxylic acids is 1. The van der Waals surface area contributed by atoms with Gasteiger partial charge in [-0.15, -0.1) is 10.2 Å². The predicted molar refractivity (Wildman–Crippen MR) is 66.5 cm³/mol. The molecule has 0 spiro atoms. The van der Waals surface area contributed by atoms with Crippen molar-refractivity contribution in [1.82, 2.24) is 14.8 Å². The molecule has 0 aliphatic carbocycles. The van der Waals surface area contributed by atoms with Crippen molar-refractivity contribution < 1.29 is 15.0 Å². The molecule has 0 saturated heterocycles. The molecule has 7 heteroatoms. The lowest BCUT2D eigenvalue weighted by Gasteiger charge is -2.03. The van der Waals surface area contributed by atoms with Gasteiger partial charge in [0.25, 0.3) is 0 Å². The summed E-state index contributed by atoms with van der Waals surface area (Å²) in [5, 5.41) is 26.5. The highest BCUT2D eigenvalue weighted by atomic mass is 32.2. The van der Waals surface area contributed by atoms with Crippen molar-refractivity contribution >= 4 is 17.7 Å². The third-order valence-corrected chi connectivity index (χ3v) is 3.27. The number of carbonyl (C=O) groups is 1. The number of carboxylic acids is 1. The van der Waals surface area contributed by atoms with Crippen molar-refractivity contribution in [3.63, 3.8) is 0 Å². The molecule has 1 heterocycles. The van der Waals surface area contributed by atoms with Crippen LogP contribution in [0.25, 0.3) is 11.4 Å². The quantitative estimate of drug-likeness (QED) is 0.812. The summed E-state index contributed by atoms with van der Waals surface area (Å²) >= 11 is 1.10. The van der Waals surface area contributed by atoms with E-state index in [0.717, 1.165) is 17.3 Å². The van der Waals surface area contributed by atoms with Gasteiger partial charge in [0.2, 0.25) is 0 Å². The van der Waals surface area contributed by atoms with Crippen LogP contribution in [0.3, 0.4) is 0 Å². The lowest BCUT2D eigenvalue weighted by atomic mass is 10.2. The summed E-state index contributed by atoms with van der Waals surface area (Å²) in [5.41, 5.74) is 0.729. The fraction of sp³-hybridized carbons (Fsp3) is 0.182. The van der Waals surface area contributed by atoms with Crippen LogP contribution >= 0.6 is 11.8 Å². The second-order valence-corrected chi connectivity index (χ2v) is 4.54. The third-order valence-electron chi connectivity index (χ3n) is 2.26. The van der Waals surface area contributed by atoms with E-state index in [1.165, 1.54) is 0 Å².